The van der Waals surface area contributed by atoms with Crippen molar-refractivity contribution < 1.29 is 23.7 Å². The Morgan fingerprint density at radius 3 is 1.93 bits per heavy atom. The minimum atomic E-state index is 0.134. The molecule has 3 atom stereocenters. The second kappa shape index (κ2) is 12.8. The van der Waals surface area contributed by atoms with E-state index in [0.29, 0.717) is 12.5 Å². The van der Waals surface area contributed by atoms with Crippen LogP contribution in [0.3, 0.4) is 0 Å². The van der Waals surface area contributed by atoms with Crippen molar-refractivity contribution in [1.82, 2.24) is 4.90 Å². The molecule has 0 radical (unpaired) electrons. The van der Waals surface area contributed by atoms with E-state index in [9.17, 15) is 0 Å². The van der Waals surface area contributed by atoms with Gasteiger partial charge >= 0.3 is 0 Å². The fourth-order valence-corrected chi connectivity index (χ4v) is 6.63. The standard InChI is InChI=1S/C33H42N2O5/c1-36-22-28-25(13-14-34-15-17-35(18-16-34)24-9-7-6-8-10-24)26-20-31(39-4)32(40-5)21-27(26)33(28)23-11-12-29(37-2)30(19-23)38-3/h6-12,19-21,25,28,33H,13-18,22H2,1-5H3. The zero-order chi connectivity index (χ0) is 28.1. The predicted octanol–water partition coefficient (Wildman–Crippen LogP) is 5.43. The molecule has 2 aliphatic rings. The zero-order valence-electron chi connectivity index (χ0n) is 24.4. The summed E-state index contributed by atoms with van der Waals surface area (Å²) in [5.41, 5.74) is 5.09. The van der Waals surface area contributed by atoms with Gasteiger partial charge in [-0.3, -0.25) is 4.90 Å². The molecule has 1 fully saturated rings. The molecule has 0 amide bonds. The summed E-state index contributed by atoms with van der Waals surface area (Å²) in [7, 11) is 8.56. The largest absolute Gasteiger partial charge is 0.493 e. The molecule has 3 aromatic rings. The highest BCUT2D eigenvalue weighted by atomic mass is 16.5. The SMILES string of the molecule is COCC1C(CCN2CCN(c3ccccc3)CC2)c2cc(OC)c(OC)cc2C1c1ccc(OC)c(OC)c1. The lowest BCUT2D eigenvalue weighted by molar-refractivity contribution is 0.130. The number of methoxy groups -OCH3 is 5. The molecule has 0 N–H and O–H groups in total. The Morgan fingerprint density at radius 1 is 0.675 bits per heavy atom. The molecule has 1 aliphatic carbocycles. The lowest BCUT2D eigenvalue weighted by Gasteiger charge is -2.37. The number of para-hydroxylation sites is 1. The summed E-state index contributed by atoms with van der Waals surface area (Å²) >= 11 is 0. The van der Waals surface area contributed by atoms with E-state index in [-0.39, 0.29) is 11.8 Å². The monoisotopic (exact) mass is 546 g/mol. The Bertz CT molecular complexity index is 1260. The van der Waals surface area contributed by atoms with Crippen LogP contribution >= 0.6 is 0 Å². The van der Waals surface area contributed by atoms with Crippen molar-refractivity contribution in [3.63, 3.8) is 0 Å². The van der Waals surface area contributed by atoms with E-state index < -0.39 is 0 Å². The van der Waals surface area contributed by atoms with Gasteiger partial charge in [0.25, 0.3) is 0 Å². The lowest BCUT2D eigenvalue weighted by Crippen LogP contribution is -2.46. The second-order valence-corrected chi connectivity index (χ2v) is 10.6. The van der Waals surface area contributed by atoms with E-state index in [1.165, 1.54) is 22.4 Å². The van der Waals surface area contributed by atoms with Crippen molar-refractivity contribution in [2.45, 2.75) is 18.3 Å². The minimum absolute atomic E-state index is 0.134. The molecular formula is C33H42N2O5. The molecule has 1 heterocycles. The van der Waals surface area contributed by atoms with Crippen molar-refractivity contribution in [2.24, 2.45) is 5.92 Å². The molecule has 3 aromatic carbocycles. The first kappa shape index (κ1) is 28.1. The van der Waals surface area contributed by atoms with Gasteiger partial charge in [0.05, 0.1) is 35.0 Å². The van der Waals surface area contributed by atoms with Crippen LogP contribution in [0.5, 0.6) is 23.0 Å². The number of rotatable bonds is 11. The smallest absolute Gasteiger partial charge is 0.161 e. The summed E-state index contributed by atoms with van der Waals surface area (Å²) in [4.78, 5) is 5.09. The molecule has 1 saturated heterocycles. The van der Waals surface area contributed by atoms with Gasteiger partial charge in [0, 0.05) is 50.8 Å². The summed E-state index contributed by atoms with van der Waals surface area (Å²) in [6.07, 6.45) is 1.05. The second-order valence-electron chi connectivity index (χ2n) is 10.6. The van der Waals surface area contributed by atoms with Gasteiger partial charge in [0.15, 0.2) is 23.0 Å². The predicted molar refractivity (Wildman–Crippen MR) is 159 cm³/mol. The molecule has 214 valence electrons. The highest BCUT2D eigenvalue weighted by Crippen LogP contribution is 2.54. The Hall–Kier alpha value is -3.42. The highest BCUT2D eigenvalue weighted by molar-refractivity contribution is 5.57. The summed E-state index contributed by atoms with van der Waals surface area (Å²) in [5.74, 6) is 3.70. The van der Waals surface area contributed by atoms with Crippen LogP contribution in [0.1, 0.15) is 34.9 Å². The van der Waals surface area contributed by atoms with Gasteiger partial charge in [-0.1, -0.05) is 24.3 Å². The lowest BCUT2D eigenvalue weighted by atomic mass is 9.81. The van der Waals surface area contributed by atoms with Crippen molar-refractivity contribution >= 4 is 5.69 Å². The van der Waals surface area contributed by atoms with Crippen LogP contribution in [0, 0.1) is 5.92 Å². The molecule has 1 aliphatic heterocycles. The number of ether oxygens (including phenoxy) is 5. The van der Waals surface area contributed by atoms with Gasteiger partial charge in [-0.25, -0.2) is 0 Å². The first-order valence-corrected chi connectivity index (χ1v) is 14.1. The van der Waals surface area contributed by atoms with E-state index in [2.05, 4.69) is 64.4 Å². The number of benzene rings is 3. The van der Waals surface area contributed by atoms with Crippen LogP contribution < -0.4 is 23.8 Å². The van der Waals surface area contributed by atoms with Crippen molar-refractivity contribution in [2.75, 3.05) is 79.8 Å². The third-order valence-electron chi connectivity index (χ3n) is 8.64. The van der Waals surface area contributed by atoms with Gasteiger partial charge in [-0.05, 0) is 72.0 Å². The first-order valence-electron chi connectivity index (χ1n) is 14.1. The molecule has 3 unspecified atom stereocenters. The van der Waals surface area contributed by atoms with Crippen LogP contribution in [-0.2, 0) is 4.74 Å². The number of fused-ring (bicyclic) bond motifs is 1. The average Bonchev–Trinajstić information content (AvgIpc) is 3.31. The molecule has 0 spiro atoms. The molecule has 0 saturated carbocycles. The zero-order valence-corrected chi connectivity index (χ0v) is 24.4. The van der Waals surface area contributed by atoms with Crippen LogP contribution in [0.4, 0.5) is 5.69 Å². The van der Waals surface area contributed by atoms with Gasteiger partial charge in [0.1, 0.15) is 0 Å². The maximum atomic E-state index is 5.87. The number of nitrogens with zero attached hydrogens (tertiary/aromatic N) is 2. The third kappa shape index (κ3) is 5.58. The van der Waals surface area contributed by atoms with Gasteiger partial charge < -0.3 is 28.6 Å². The van der Waals surface area contributed by atoms with Crippen LogP contribution in [-0.4, -0.2) is 79.8 Å². The Labute approximate surface area is 238 Å². The van der Waals surface area contributed by atoms with Crippen LogP contribution in [0.15, 0.2) is 60.7 Å². The molecule has 0 aromatic heterocycles. The van der Waals surface area contributed by atoms with E-state index in [4.69, 9.17) is 23.7 Å². The molecule has 40 heavy (non-hydrogen) atoms. The van der Waals surface area contributed by atoms with Crippen molar-refractivity contribution in [3.8, 4) is 23.0 Å². The Kier molecular flexibility index (Phi) is 9.02. The molecule has 0 bridgehead atoms. The van der Waals surface area contributed by atoms with Gasteiger partial charge in [0.2, 0.25) is 0 Å². The molecule has 7 heteroatoms. The molecular weight excluding hydrogens is 504 g/mol. The topological polar surface area (TPSA) is 52.6 Å². The number of hydrogen-bond acceptors (Lipinski definition) is 7. The normalized spacial score (nSPS) is 20.7. The minimum Gasteiger partial charge on any atom is -0.493 e. The molecule has 5 rings (SSSR count). The summed E-state index contributed by atoms with van der Waals surface area (Å²) in [5, 5.41) is 0. The maximum absolute atomic E-state index is 5.87. The molecule has 7 nitrogen and oxygen atoms in total. The van der Waals surface area contributed by atoms with Crippen molar-refractivity contribution in [3.05, 3.63) is 77.4 Å². The van der Waals surface area contributed by atoms with Crippen LogP contribution in [0.2, 0.25) is 0 Å². The quantitative estimate of drug-likeness (QED) is 0.318. The fourth-order valence-electron chi connectivity index (χ4n) is 6.63. The van der Waals surface area contributed by atoms with E-state index in [1.807, 2.05) is 6.07 Å². The first-order chi connectivity index (χ1) is 19.6. The third-order valence-corrected chi connectivity index (χ3v) is 8.64. The maximum Gasteiger partial charge on any atom is 0.161 e. The number of hydrogen-bond donors (Lipinski definition) is 0. The highest BCUT2D eigenvalue weighted by Gasteiger charge is 2.42. The van der Waals surface area contributed by atoms with Gasteiger partial charge in [-0.2, -0.15) is 0 Å². The van der Waals surface area contributed by atoms with E-state index in [1.54, 1.807) is 35.5 Å². The summed E-state index contributed by atoms with van der Waals surface area (Å²) in [6, 6.07) is 21.3. The average molecular weight is 547 g/mol. The number of anilines is 1. The van der Waals surface area contributed by atoms with Crippen LogP contribution in [0.25, 0.3) is 0 Å². The van der Waals surface area contributed by atoms with Gasteiger partial charge in [-0.15, -0.1) is 0 Å². The van der Waals surface area contributed by atoms with E-state index in [0.717, 1.165) is 62.1 Å². The van der Waals surface area contributed by atoms with Crippen molar-refractivity contribution in [1.29, 1.82) is 0 Å². The summed E-state index contributed by atoms with van der Waals surface area (Å²) < 4.78 is 28.6. The van der Waals surface area contributed by atoms with E-state index >= 15 is 0 Å². The summed E-state index contributed by atoms with van der Waals surface area (Å²) in [6.45, 7) is 5.92. The fraction of sp³-hybridized carbons (Fsp3) is 0.455. The Balaban J connectivity index is 1.42. The number of piperazine rings is 1. The Morgan fingerprint density at radius 2 is 1.30 bits per heavy atom.